The number of aryl methyl sites for hydroxylation is 1. The van der Waals surface area contributed by atoms with Crippen molar-refractivity contribution in [3.8, 4) is 0 Å². The van der Waals surface area contributed by atoms with Crippen LogP contribution in [0.25, 0.3) is 33.2 Å². The number of para-hydroxylation sites is 1. The lowest BCUT2D eigenvalue weighted by atomic mass is 10.2. The van der Waals surface area contributed by atoms with Crippen LogP contribution in [0.4, 0.5) is 0 Å². The molecule has 0 fully saturated rings. The molecule has 7 heteroatoms. The largest absolute Gasteiger partial charge is 0.440 e. The standard InChI is InChI=1S/C20H15NO6/c22-20-18-19(13-4-1-2-5-14(13)24-20)25-17(21-18)6-3-9-23-11-12-7-8-15-16(10-12)27-26-15/h1-2,4-5,7-8,10H,3,6,9,11H2. The molecule has 0 aliphatic heterocycles. The summed E-state index contributed by atoms with van der Waals surface area (Å²) >= 11 is 0. The molecule has 0 radical (unpaired) electrons. The Bertz CT molecular complexity index is 1290. The fraction of sp³-hybridized carbons (Fsp3) is 0.200. The molecule has 0 spiro atoms. The van der Waals surface area contributed by atoms with Crippen LogP contribution >= 0.6 is 0 Å². The Labute approximate surface area is 152 Å². The van der Waals surface area contributed by atoms with E-state index in [-0.39, 0.29) is 5.52 Å². The average Bonchev–Trinajstić information content (AvgIpc) is 3.09. The molecule has 0 saturated carbocycles. The Hall–Kier alpha value is -3.32. The van der Waals surface area contributed by atoms with Crippen molar-refractivity contribution in [1.29, 1.82) is 0 Å². The third-order valence-electron chi connectivity index (χ3n) is 4.38. The maximum Gasteiger partial charge on any atom is 0.366 e. The van der Waals surface area contributed by atoms with Gasteiger partial charge >= 0.3 is 5.63 Å². The van der Waals surface area contributed by atoms with Crippen LogP contribution in [0.2, 0.25) is 0 Å². The molecule has 0 bridgehead atoms. The number of benzene rings is 2. The van der Waals surface area contributed by atoms with Gasteiger partial charge < -0.3 is 13.6 Å². The summed E-state index contributed by atoms with van der Waals surface area (Å²) in [6.45, 7) is 1.03. The van der Waals surface area contributed by atoms with Crippen molar-refractivity contribution in [3.05, 3.63) is 64.3 Å². The fourth-order valence-electron chi connectivity index (χ4n) is 3.03. The van der Waals surface area contributed by atoms with E-state index < -0.39 is 5.63 Å². The van der Waals surface area contributed by atoms with Gasteiger partial charge in [-0.25, -0.2) is 9.78 Å². The van der Waals surface area contributed by atoms with E-state index in [1.165, 1.54) is 0 Å². The summed E-state index contributed by atoms with van der Waals surface area (Å²) in [7, 11) is 0. The molecule has 5 aromatic rings. The van der Waals surface area contributed by atoms with Gasteiger partial charge in [0.1, 0.15) is 5.58 Å². The summed E-state index contributed by atoms with van der Waals surface area (Å²) in [5.41, 5.74) is 3.20. The molecule has 3 heterocycles. The van der Waals surface area contributed by atoms with Gasteiger partial charge in [-0.05, 0) is 36.2 Å². The van der Waals surface area contributed by atoms with E-state index in [2.05, 4.69) is 4.98 Å². The van der Waals surface area contributed by atoms with Gasteiger partial charge in [0.05, 0.1) is 12.0 Å². The van der Waals surface area contributed by atoms with Gasteiger partial charge in [0.15, 0.2) is 17.0 Å². The lowest BCUT2D eigenvalue weighted by Gasteiger charge is -2.04. The fourth-order valence-corrected chi connectivity index (χ4v) is 3.03. The Morgan fingerprint density at radius 2 is 1.85 bits per heavy atom. The molecule has 0 saturated heterocycles. The minimum atomic E-state index is -0.484. The highest BCUT2D eigenvalue weighted by atomic mass is 17.0. The first kappa shape index (κ1) is 15.9. The van der Waals surface area contributed by atoms with Crippen LogP contribution in [0, 0.1) is 0 Å². The van der Waals surface area contributed by atoms with Crippen molar-refractivity contribution < 1.29 is 22.7 Å². The van der Waals surface area contributed by atoms with Crippen molar-refractivity contribution in [2.24, 2.45) is 0 Å². The van der Waals surface area contributed by atoms with Crippen LogP contribution < -0.4 is 5.63 Å². The maximum atomic E-state index is 12.1. The predicted molar refractivity (Wildman–Crippen MR) is 96.5 cm³/mol. The number of oxazole rings is 1. The number of hydrogen-bond acceptors (Lipinski definition) is 7. The van der Waals surface area contributed by atoms with Crippen molar-refractivity contribution in [2.75, 3.05) is 6.61 Å². The molecule has 5 rings (SSSR count). The monoisotopic (exact) mass is 365 g/mol. The normalized spacial score (nSPS) is 11.9. The second-order valence-corrected chi connectivity index (χ2v) is 6.27. The Balaban J connectivity index is 1.23. The van der Waals surface area contributed by atoms with Gasteiger partial charge in [0.25, 0.3) is 0 Å². The second kappa shape index (κ2) is 6.44. The first-order valence-electron chi connectivity index (χ1n) is 8.64. The number of nitrogens with zero attached hydrogens (tertiary/aromatic N) is 1. The molecule has 136 valence electrons. The van der Waals surface area contributed by atoms with Crippen LogP contribution in [0.15, 0.2) is 65.2 Å². The minimum absolute atomic E-state index is 0.230. The van der Waals surface area contributed by atoms with E-state index in [0.29, 0.717) is 36.7 Å². The number of hydrogen-bond donors (Lipinski definition) is 0. The average molecular weight is 365 g/mol. The third-order valence-corrected chi connectivity index (χ3v) is 4.38. The van der Waals surface area contributed by atoms with Gasteiger partial charge in [-0.1, -0.05) is 18.2 Å². The van der Waals surface area contributed by atoms with Gasteiger partial charge in [-0.3, -0.25) is 9.15 Å². The zero-order valence-corrected chi connectivity index (χ0v) is 14.3. The molecular weight excluding hydrogens is 350 g/mol. The maximum absolute atomic E-state index is 12.1. The predicted octanol–water partition coefficient (Wildman–Crippen LogP) is 4.42. The molecule has 0 atom stereocenters. The minimum Gasteiger partial charge on any atom is -0.440 e. The lowest BCUT2D eigenvalue weighted by molar-refractivity contribution is 0.0583. The number of fused-ring (bicyclic) bond motifs is 4. The number of aromatic nitrogens is 1. The van der Waals surface area contributed by atoms with Gasteiger partial charge in [-0.15, -0.1) is 0 Å². The third kappa shape index (κ3) is 2.92. The van der Waals surface area contributed by atoms with Gasteiger partial charge in [0, 0.05) is 13.0 Å². The number of ether oxygens (including phenoxy) is 1. The van der Waals surface area contributed by atoms with Crippen molar-refractivity contribution in [1.82, 2.24) is 4.98 Å². The smallest absolute Gasteiger partial charge is 0.366 e. The van der Waals surface area contributed by atoms with Crippen LogP contribution in [-0.2, 0) is 17.8 Å². The summed E-state index contributed by atoms with van der Waals surface area (Å²) in [6.07, 6.45) is 1.30. The molecule has 0 aliphatic rings. The Kier molecular flexibility index (Phi) is 3.79. The Morgan fingerprint density at radius 1 is 0.963 bits per heavy atom. The molecule has 0 N–H and O–H groups in total. The van der Waals surface area contributed by atoms with Crippen LogP contribution in [0.5, 0.6) is 0 Å². The van der Waals surface area contributed by atoms with Crippen molar-refractivity contribution in [3.63, 3.8) is 0 Å². The second-order valence-electron chi connectivity index (χ2n) is 6.27. The van der Waals surface area contributed by atoms with Gasteiger partial charge in [0.2, 0.25) is 11.2 Å². The summed E-state index contributed by atoms with van der Waals surface area (Å²) in [5.74, 6) is 0.504. The quantitative estimate of drug-likeness (QED) is 0.250. The van der Waals surface area contributed by atoms with Gasteiger partial charge in [-0.2, -0.15) is 0 Å². The molecule has 7 nitrogen and oxygen atoms in total. The molecule has 0 unspecified atom stereocenters. The first-order chi connectivity index (χ1) is 13.3. The highest BCUT2D eigenvalue weighted by Gasteiger charge is 2.14. The topological polar surface area (TPSA) is 91.8 Å². The molecule has 27 heavy (non-hydrogen) atoms. The van der Waals surface area contributed by atoms with Crippen LogP contribution in [0.1, 0.15) is 17.9 Å². The van der Waals surface area contributed by atoms with Crippen molar-refractivity contribution >= 4 is 33.2 Å². The SMILES string of the molecule is O=c1oc2ccccc2c2oc(CCCOCc3ccc4ooc4c3)nc12. The molecule has 0 aliphatic carbocycles. The molecule has 0 amide bonds. The highest BCUT2D eigenvalue weighted by Crippen LogP contribution is 2.24. The van der Waals surface area contributed by atoms with Crippen LogP contribution in [0.3, 0.4) is 0 Å². The molecule has 2 aromatic carbocycles. The molecular formula is C20H15NO6. The van der Waals surface area contributed by atoms with E-state index in [1.54, 1.807) is 6.07 Å². The summed E-state index contributed by atoms with van der Waals surface area (Å²) in [6, 6.07) is 12.9. The lowest BCUT2D eigenvalue weighted by Crippen LogP contribution is -2.00. The van der Waals surface area contributed by atoms with Crippen molar-refractivity contribution in [2.45, 2.75) is 19.4 Å². The van der Waals surface area contributed by atoms with E-state index in [9.17, 15) is 4.79 Å². The van der Waals surface area contributed by atoms with Crippen LogP contribution in [-0.4, -0.2) is 11.6 Å². The van der Waals surface area contributed by atoms with E-state index >= 15 is 0 Å². The summed E-state index contributed by atoms with van der Waals surface area (Å²) in [4.78, 5) is 16.4. The van der Waals surface area contributed by atoms with E-state index in [1.807, 2.05) is 36.4 Å². The summed E-state index contributed by atoms with van der Waals surface area (Å²) < 4.78 is 26.4. The molecule has 3 aromatic heterocycles. The highest BCUT2D eigenvalue weighted by molar-refractivity contribution is 5.98. The van der Waals surface area contributed by atoms with E-state index in [4.69, 9.17) is 22.7 Å². The summed E-state index contributed by atoms with van der Waals surface area (Å²) in [5, 5.41) is 0.744. The zero-order valence-electron chi connectivity index (χ0n) is 14.3. The Morgan fingerprint density at radius 3 is 2.70 bits per heavy atom. The van der Waals surface area contributed by atoms with E-state index in [0.717, 1.165) is 28.5 Å². The zero-order chi connectivity index (χ0) is 18.2. The number of rotatable bonds is 6. The first-order valence-corrected chi connectivity index (χ1v) is 8.64.